The van der Waals surface area contributed by atoms with Crippen LogP contribution in [0.3, 0.4) is 0 Å². The molecule has 4 rings (SSSR count). The normalized spacial score (nSPS) is 23.1. The van der Waals surface area contributed by atoms with Gasteiger partial charge in [0.2, 0.25) is 0 Å². The van der Waals surface area contributed by atoms with Crippen molar-refractivity contribution >= 4 is 17.4 Å². The number of hydrogen-bond acceptors (Lipinski definition) is 8. The van der Waals surface area contributed by atoms with Gasteiger partial charge < -0.3 is 14.2 Å². The smallest absolute Gasteiger partial charge is 0.275 e. The van der Waals surface area contributed by atoms with Crippen molar-refractivity contribution in [2.75, 3.05) is 13.1 Å². The molecule has 1 atom stereocenters. The summed E-state index contributed by atoms with van der Waals surface area (Å²) in [6.45, 7) is 5.02. The van der Waals surface area contributed by atoms with Crippen molar-refractivity contribution in [3.63, 3.8) is 0 Å². The average Bonchev–Trinajstić information content (AvgIpc) is 3.28. The van der Waals surface area contributed by atoms with Crippen LogP contribution in [-0.2, 0) is 4.74 Å². The van der Waals surface area contributed by atoms with E-state index in [0.717, 1.165) is 30.6 Å². The van der Waals surface area contributed by atoms with Gasteiger partial charge in [-0.05, 0) is 51.1 Å². The maximum Gasteiger partial charge on any atom is 0.275 e. The summed E-state index contributed by atoms with van der Waals surface area (Å²) in [4.78, 5) is 19.5. The SMILES string of the molecule is Cc1noc([C@H]2CCC3(CCN(C(=O)c4nnsc4C)CC3)O2)n1. The molecule has 128 valence electrons. The topological polar surface area (TPSA) is 94.2 Å². The Bertz CT molecular complexity index is 750. The molecule has 24 heavy (non-hydrogen) atoms. The Morgan fingerprint density at radius 2 is 2.08 bits per heavy atom. The lowest BCUT2D eigenvalue weighted by Gasteiger charge is -2.38. The summed E-state index contributed by atoms with van der Waals surface area (Å²) >= 11 is 1.26. The van der Waals surface area contributed by atoms with Gasteiger partial charge >= 0.3 is 0 Å². The number of hydrogen-bond donors (Lipinski definition) is 0. The van der Waals surface area contributed by atoms with Gasteiger partial charge in [0.05, 0.1) is 10.5 Å². The fraction of sp³-hybridized carbons (Fsp3) is 0.667. The van der Waals surface area contributed by atoms with Crippen LogP contribution in [-0.4, -0.2) is 49.2 Å². The van der Waals surface area contributed by atoms with E-state index in [1.54, 1.807) is 6.92 Å². The number of carbonyl (C=O) groups is 1. The summed E-state index contributed by atoms with van der Waals surface area (Å²) in [6, 6.07) is 0. The first-order chi connectivity index (χ1) is 11.6. The van der Waals surface area contributed by atoms with Crippen molar-refractivity contribution in [1.82, 2.24) is 24.6 Å². The lowest BCUT2D eigenvalue weighted by Crippen LogP contribution is -2.46. The van der Waals surface area contributed by atoms with Gasteiger partial charge in [-0.3, -0.25) is 4.79 Å². The second-order valence-corrected chi connectivity index (χ2v) is 7.44. The van der Waals surface area contributed by atoms with Crippen LogP contribution >= 0.6 is 11.5 Å². The lowest BCUT2D eigenvalue weighted by atomic mass is 9.88. The fourth-order valence-electron chi connectivity index (χ4n) is 3.50. The van der Waals surface area contributed by atoms with Crippen LogP contribution < -0.4 is 0 Å². The highest BCUT2D eigenvalue weighted by Gasteiger charge is 2.45. The van der Waals surface area contributed by atoms with Gasteiger partial charge in [-0.25, -0.2) is 0 Å². The van der Waals surface area contributed by atoms with Gasteiger partial charge in [-0.2, -0.15) is 4.98 Å². The second kappa shape index (κ2) is 5.89. The number of nitrogens with zero attached hydrogens (tertiary/aromatic N) is 5. The number of amides is 1. The van der Waals surface area contributed by atoms with Crippen molar-refractivity contribution < 1.29 is 14.1 Å². The quantitative estimate of drug-likeness (QED) is 0.819. The molecular formula is C15H19N5O3S. The first kappa shape index (κ1) is 15.6. The van der Waals surface area contributed by atoms with E-state index in [2.05, 4.69) is 19.7 Å². The molecule has 8 nitrogen and oxygen atoms in total. The van der Waals surface area contributed by atoms with Gasteiger partial charge in [0.25, 0.3) is 11.8 Å². The van der Waals surface area contributed by atoms with Crippen LogP contribution in [0, 0.1) is 13.8 Å². The van der Waals surface area contributed by atoms with Gasteiger partial charge in [-0.1, -0.05) is 9.64 Å². The lowest BCUT2D eigenvalue weighted by molar-refractivity contribution is -0.0821. The summed E-state index contributed by atoms with van der Waals surface area (Å²) in [5, 5.41) is 7.79. The number of ether oxygens (including phenoxy) is 1. The third kappa shape index (κ3) is 2.71. The van der Waals surface area contributed by atoms with E-state index in [9.17, 15) is 4.79 Å². The molecule has 0 bridgehead atoms. The predicted octanol–water partition coefficient (Wildman–Crippen LogP) is 2.06. The highest BCUT2D eigenvalue weighted by Crippen LogP contribution is 2.44. The van der Waals surface area contributed by atoms with E-state index in [4.69, 9.17) is 9.26 Å². The fourth-order valence-corrected chi connectivity index (χ4v) is 3.96. The molecule has 0 saturated carbocycles. The molecule has 0 aromatic carbocycles. The van der Waals surface area contributed by atoms with E-state index < -0.39 is 0 Å². The van der Waals surface area contributed by atoms with Crippen LogP contribution in [0.1, 0.15) is 58.9 Å². The van der Waals surface area contributed by atoms with Crippen LogP contribution in [0.5, 0.6) is 0 Å². The molecule has 2 aliphatic heterocycles. The third-order valence-corrected chi connectivity index (χ3v) is 5.52. The van der Waals surface area contributed by atoms with E-state index in [1.165, 1.54) is 11.5 Å². The minimum Gasteiger partial charge on any atom is -0.362 e. The van der Waals surface area contributed by atoms with E-state index in [0.29, 0.717) is 30.5 Å². The first-order valence-electron chi connectivity index (χ1n) is 8.13. The molecule has 0 aliphatic carbocycles. The molecule has 0 unspecified atom stereocenters. The van der Waals surface area contributed by atoms with E-state index in [-0.39, 0.29) is 17.6 Å². The molecule has 0 N–H and O–H groups in total. The first-order valence-corrected chi connectivity index (χ1v) is 8.90. The summed E-state index contributed by atoms with van der Waals surface area (Å²) in [5.74, 6) is 1.16. The zero-order valence-corrected chi connectivity index (χ0v) is 14.5. The molecule has 2 aliphatic rings. The Balaban J connectivity index is 1.39. The van der Waals surface area contributed by atoms with Gasteiger partial charge in [0, 0.05) is 13.1 Å². The van der Waals surface area contributed by atoms with Gasteiger partial charge in [-0.15, -0.1) is 5.10 Å². The molecule has 2 aromatic heterocycles. The number of piperidine rings is 1. The minimum absolute atomic E-state index is 0.0295. The van der Waals surface area contributed by atoms with Crippen molar-refractivity contribution in [3.8, 4) is 0 Å². The molecule has 2 saturated heterocycles. The molecule has 2 fully saturated rings. The standard InChI is InChI=1S/C15H19N5O3S/c1-9-12(17-19-24-9)14(21)20-7-5-15(6-8-20)4-3-11(22-15)13-16-10(2)18-23-13/h11H,3-8H2,1-2H3/t11-/m1/s1. The Hall–Kier alpha value is -1.87. The van der Waals surface area contributed by atoms with Crippen molar-refractivity contribution in [2.45, 2.75) is 51.2 Å². The zero-order chi connectivity index (χ0) is 16.7. The third-order valence-electron chi connectivity index (χ3n) is 4.89. The highest BCUT2D eigenvalue weighted by atomic mass is 32.1. The Morgan fingerprint density at radius 3 is 2.71 bits per heavy atom. The molecule has 1 spiro atoms. The largest absolute Gasteiger partial charge is 0.362 e. The van der Waals surface area contributed by atoms with Crippen molar-refractivity contribution in [3.05, 3.63) is 22.3 Å². The second-order valence-electron chi connectivity index (χ2n) is 6.48. The van der Waals surface area contributed by atoms with E-state index in [1.807, 2.05) is 11.8 Å². The zero-order valence-electron chi connectivity index (χ0n) is 13.7. The predicted molar refractivity (Wildman–Crippen MR) is 84.6 cm³/mol. The number of likely N-dealkylation sites (tertiary alicyclic amines) is 1. The van der Waals surface area contributed by atoms with Crippen LogP contribution in [0.2, 0.25) is 0 Å². The summed E-state index contributed by atoms with van der Waals surface area (Å²) < 4.78 is 15.4. The summed E-state index contributed by atoms with van der Waals surface area (Å²) in [6.07, 6.45) is 3.35. The van der Waals surface area contributed by atoms with Crippen molar-refractivity contribution in [1.29, 1.82) is 0 Å². The Labute approximate surface area is 143 Å². The van der Waals surface area contributed by atoms with Crippen LogP contribution in [0.15, 0.2) is 4.52 Å². The van der Waals surface area contributed by atoms with Gasteiger partial charge in [0.1, 0.15) is 6.10 Å². The van der Waals surface area contributed by atoms with Crippen LogP contribution in [0.25, 0.3) is 0 Å². The minimum atomic E-state index is -0.181. The average molecular weight is 349 g/mol. The Morgan fingerprint density at radius 1 is 1.29 bits per heavy atom. The number of carbonyl (C=O) groups excluding carboxylic acids is 1. The maximum atomic E-state index is 12.5. The Kier molecular flexibility index (Phi) is 3.84. The number of rotatable bonds is 2. The molecular weight excluding hydrogens is 330 g/mol. The number of aromatic nitrogens is 4. The molecule has 1 amide bonds. The van der Waals surface area contributed by atoms with Gasteiger partial charge in [0.15, 0.2) is 11.5 Å². The molecule has 9 heteroatoms. The summed E-state index contributed by atoms with van der Waals surface area (Å²) in [5.41, 5.74) is 0.293. The monoisotopic (exact) mass is 349 g/mol. The van der Waals surface area contributed by atoms with Crippen molar-refractivity contribution in [2.24, 2.45) is 0 Å². The van der Waals surface area contributed by atoms with E-state index >= 15 is 0 Å². The highest BCUT2D eigenvalue weighted by molar-refractivity contribution is 7.05. The number of aryl methyl sites for hydroxylation is 2. The maximum absolute atomic E-state index is 12.5. The summed E-state index contributed by atoms with van der Waals surface area (Å²) in [7, 11) is 0. The molecule has 2 aromatic rings. The molecule has 4 heterocycles. The van der Waals surface area contributed by atoms with Crippen LogP contribution in [0.4, 0.5) is 0 Å². The molecule has 0 radical (unpaired) electrons.